The van der Waals surface area contributed by atoms with Crippen molar-refractivity contribution >= 4 is 16.9 Å². The van der Waals surface area contributed by atoms with Crippen LogP contribution in [0.2, 0.25) is 0 Å². The molecule has 0 aliphatic heterocycles. The Morgan fingerprint density at radius 1 is 1.25 bits per heavy atom. The first-order valence-electron chi connectivity index (χ1n) is 9.35. The second-order valence-electron chi connectivity index (χ2n) is 7.45. The summed E-state index contributed by atoms with van der Waals surface area (Å²) < 4.78 is 1.85. The maximum Gasteiger partial charge on any atom is 0.253 e. The lowest BCUT2D eigenvalue weighted by Crippen LogP contribution is -2.23. The van der Waals surface area contributed by atoms with E-state index in [-0.39, 0.29) is 11.7 Å². The number of benzene rings is 2. The highest BCUT2D eigenvalue weighted by Crippen LogP contribution is 2.34. The molecule has 0 radical (unpaired) electrons. The minimum atomic E-state index is -0.677. The molecule has 28 heavy (non-hydrogen) atoms. The molecule has 0 fully saturated rings. The molecule has 1 amide bonds. The molecule has 0 bridgehead atoms. The Labute approximate surface area is 165 Å². The SMILES string of the molecule is Cc1ccccc1C(O)CCc1c(C(=O)N(C)C)cc2c(nc(C)n2C)c1O. The monoisotopic (exact) mass is 381 g/mol. The van der Waals surface area contributed by atoms with Gasteiger partial charge >= 0.3 is 0 Å². The first-order valence-corrected chi connectivity index (χ1v) is 9.35. The Bertz CT molecular complexity index is 1040. The van der Waals surface area contributed by atoms with Crippen molar-refractivity contribution in [3.8, 4) is 5.75 Å². The van der Waals surface area contributed by atoms with E-state index in [4.69, 9.17) is 0 Å². The number of rotatable bonds is 5. The van der Waals surface area contributed by atoms with Gasteiger partial charge in [-0.15, -0.1) is 0 Å². The summed E-state index contributed by atoms with van der Waals surface area (Å²) in [6.07, 6.45) is 0.0784. The molecule has 1 aromatic heterocycles. The fourth-order valence-electron chi connectivity index (χ4n) is 3.54. The van der Waals surface area contributed by atoms with Crippen molar-refractivity contribution in [3.05, 3.63) is 58.4 Å². The molecule has 0 aliphatic carbocycles. The smallest absolute Gasteiger partial charge is 0.253 e. The predicted octanol–water partition coefficient (Wildman–Crippen LogP) is 3.26. The third kappa shape index (κ3) is 3.47. The van der Waals surface area contributed by atoms with E-state index in [1.54, 1.807) is 20.2 Å². The summed E-state index contributed by atoms with van der Waals surface area (Å²) in [4.78, 5) is 18.7. The number of aliphatic hydroxyl groups is 1. The van der Waals surface area contributed by atoms with E-state index < -0.39 is 6.10 Å². The number of hydrogen-bond donors (Lipinski definition) is 2. The van der Waals surface area contributed by atoms with Crippen molar-refractivity contribution in [3.63, 3.8) is 0 Å². The van der Waals surface area contributed by atoms with E-state index in [0.717, 1.165) is 17.0 Å². The van der Waals surface area contributed by atoms with Crippen LogP contribution >= 0.6 is 0 Å². The number of carbonyl (C=O) groups is 1. The molecule has 2 N–H and O–H groups in total. The average Bonchev–Trinajstić information content (AvgIpc) is 2.95. The molecule has 0 saturated heterocycles. The molecule has 148 valence electrons. The van der Waals surface area contributed by atoms with Crippen LogP contribution in [0.25, 0.3) is 11.0 Å². The predicted molar refractivity (Wildman–Crippen MR) is 110 cm³/mol. The summed E-state index contributed by atoms with van der Waals surface area (Å²) in [7, 11) is 5.23. The number of phenolic OH excluding ortho intramolecular Hbond substituents is 1. The second kappa shape index (κ2) is 7.64. The van der Waals surface area contributed by atoms with Crippen LogP contribution in [0.3, 0.4) is 0 Å². The van der Waals surface area contributed by atoms with Crippen LogP contribution in [-0.4, -0.2) is 44.7 Å². The number of phenols is 1. The van der Waals surface area contributed by atoms with E-state index in [2.05, 4.69) is 4.98 Å². The number of carbonyl (C=O) groups excluding carboxylic acids is 1. The molecule has 6 nitrogen and oxygen atoms in total. The van der Waals surface area contributed by atoms with Gasteiger partial charge in [-0.1, -0.05) is 24.3 Å². The van der Waals surface area contributed by atoms with Crippen LogP contribution in [0.5, 0.6) is 5.75 Å². The zero-order valence-electron chi connectivity index (χ0n) is 17.0. The number of aryl methyl sites for hydroxylation is 3. The van der Waals surface area contributed by atoms with Gasteiger partial charge in [0.15, 0.2) is 0 Å². The Morgan fingerprint density at radius 2 is 1.93 bits per heavy atom. The molecule has 0 saturated carbocycles. The van der Waals surface area contributed by atoms with Crippen LogP contribution in [-0.2, 0) is 13.5 Å². The standard InChI is InChI=1S/C22H27N3O3/c1-13-8-6-7-9-15(13)19(26)11-10-16-17(22(28)24(3)4)12-18-20(21(16)27)23-14(2)25(18)5/h6-9,12,19,26-27H,10-11H2,1-5H3. The lowest BCUT2D eigenvalue weighted by atomic mass is 9.94. The number of aromatic nitrogens is 2. The minimum absolute atomic E-state index is 0.0170. The highest BCUT2D eigenvalue weighted by molar-refractivity contribution is 6.01. The Hall–Kier alpha value is -2.86. The van der Waals surface area contributed by atoms with E-state index in [1.807, 2.05) is 49.7 Å². The molecule has 0 spiro atoms. The van der Waals surface area contributed by atoms with Crippen LogP contribution < -0.4 is 0 Å². The zero-order chi connectivity index (χ0) is 20.6. The number of aliphatic hydroxyl groups excluding tert-OH is 1. The van der Waals surface area contributed by atoms with Gasteiger partial charge in [0.1, 0.15) is 17.1 Å². The summed E-state index contributed by atoms with van der Waals surface area (Å²) in [5.41, 5.74) is 4.03. The van der Waals surface area contributed by atoms with E-state index in [9.17, 15) is 15.0 Å². The molecule has 1 unspecified atom stereocenters. The second-order valence-corrected chi connectivity index (χ2v) is 7.45. The van der Waals surface area contributed by atoms with E-state index >= 15 is 0 Å². The molecule has 1 heterocycles. The Morgan fingerprint density at radius 3 is 2.57 bits per heavy atom. The first-order chi connectivity index (χ1) is 13.2. The third-order valence-electron chi connectivity index (χ3n) is 5.33. The quantitative estimate of drug-likeness (QED) is 0.711. The van der Waals surface area contributed by atoms with Crippen molar-refractivity contribution in [2.45, 2.75) is 32.8 Å². The van der Waals surface area contributed by atoms with E-state index in [1.165, 1.54) is 4.90 Å². The fraction of sp³-hybridized carbons (Fsp3) is 0.364. The minimum Gasteiger partial charge on any atom is -0.505 e. The average molecular weight is 381 g/mol. The van der Waals surface area contributed by atoms with Gasteiger partial charge in [0.05, 0.1) is 11.6 Å². The lowest BCUT2D eigenvalue weighted by Gasteiger charge is -2.18. The highest BCUT2D eigenvalue weighted by Gasteiger charge is 2.23. The fourth-order valence-corrected chi connectivity index (χ4v) is 3.54. The third-order valence-corrected chi connectivity index (χ3v) is 5.33. The normalized spacial score (nSPS) is 12.4. The van der Waals surface area contributed by atoms with Crippen molar-refractivity contribution < 1.29 is 15.0 Å². The number of amides is 1. The van der Waals surface area contributed by atoms with Crippen molar-refractivity contribution in [2.24, 2.45) is 7.05 Å². The molecule has 6 heteroatoms. The Balaban J connectivity index is 2.03. The maximum absolute atomic E-state index is 12.8. The highest BCUT2D eigenvalue weighted by atomic mass is 16.3. The number of aromatic hydroxyl groups is 1. The van der Waals surface area contributed by atoms with Gasteiger partial charge in [-0.05, 0) is 43.9 Å². The van der Waals surface area contributed by atoms with Gasteiger partial charge in [0, 0.05) is 32.3 Å². The summed E-state index contributed by atoms with van der Waals surface area (Å²) in [5, 5.41) is 21.6. The van der Waals surface area contributed by atoms with Crippen molar-refractivity contribution in [1.82, 2.24) is 14.5 Å². The van der Waals surface area contributed by atoms with Gasteiger partial charge in [-0.3, -0.25) is 4.79 Å². The first kappa shape index (κ1) is 19.9. The summed E-state index contributed by atoms with van der Waals surface area (Å²) in [5.74, 6) is 0.588. The van der Waals surface area contributed by atoms with Crippen LogP contribution in [0.1, 0.15) is 45.4 Å². The molecular weight excluding hydrogens is 354 g/mol. The molecule has 3 rings (SSSR count). The van der Waals surface area contributed by atoms with Crippen LogP contribution in [0.15, 0.2) is 30.3 Å². The van der Waals surface area contributed by atoms with E-state index in [0.29, 0.717) is 35.0 Å². The van der Waals surface area contributed by atoms with Gasteiger partial charge < -0.3 is 19.7 Å². The number of fused-ring (bicyclic) bond motifs is 1. The largest absolute Gasteiger partial charge is 0.505 e. The van der Waals surface area contributed by atoms with Crippen molar-refractivity contribution in [1.29, 1.82) is 0 Å². The number of imidazole rings is 1. The topological polar surface area (TPSA) is 78.6 Å². The Kier molecular flexibility index (Phi) is 5.42. The summed E-state index contributed by atoms with van der Waals surface area (Å²) in [6, 6.07) is 9.47. The van der Waals surface area contributed by atoms with Crippen molar-refractivity contribution in [2.75, 3.05) is 14.1 Å². The van der Waals surface area contributed by atoms with Crippen LogP contribution in [0.4, 0.5) is 0 Å². The van der Waals surface area contributed by atoms with Gasteiger partial charge in [0.2, 0.25) is 0 Å². The summed E-state index contributed by atoms with van der Waals surface area (Å²) >= 11 is 0. The molecular formula is C22H27N3O3. The van der Waals surface area contributed by atoms with Gasteiger partial charge in [-0.25, -0.2) is 4.98 Å². The van der Waals surface area contributed by atoms with Crippen LogP contribution in [0, 0.1) is 13.8 Å². The number of hydrogen-bond acceptors (Lipinski definition) is 4. The van der Waals surface area contributed by atoms with Gasteiger partial charge in [0.25, 0.3) is 5.91 Å². The molecule has 0 aliphatic rings. The molecule has 2 aromatic carbocycles. The summed E-state index contributed by atoms with van der Waals surface area (Å²) in [6.45, 7) is 3.81. The lowest BCUT2D eigenvalue weighted by molar-refractivity contribution is 0.0825. The maximum atomic E-state index is 12.8. The zero-order valence-corrected chi connectivity index (χ0v) is 17.0. The van der Waals surface area contributed by atoms with Gasteiger partial charge in [-0.2, -0.15) is 0 Å². The molecule has 1 atom stereocenters. The number of nitrogens with zero attached hydrogens (tertiary/aromatic N) is 3. The molecule has 3 aromatic rings.